The molecule has 0 saturated carbocycles. The summed E-state index contributed by atoms with van der Waals surface area (Å²) in [6.45, 7) is 8.75. The zero-order valence-corrected chi connectivity index (χ0v) is 26.5. The van der Waals surface area contributed by atoms with Gasteiger partial charge >= 0.3 is 21.5 Å². The van der Waals surface area contributed by atoms with Crippen molar-refractivity contribution in [2.75, 3.05) is 6.61 Å². The summed E-state index contributed by atoms with van der Waals surface area (Å²) in [7, 11) is -6.58. The Bertz CT molecular complexity index is 1590. The second kappa shape index (κ2) is 11.6. The Kier molecular flexibility index (Phi) is 8.99. The zero-order valence-electron chi connectivity index (χ0n) is 24.9. The molecule has 0 amide bonds. The molecule has 3 aromatic rings. The number of hydrogen-bond acceptors (Lipinski definition) is 5. The zero-order chi connectivity index (χ0) is 32.9. The van der Waals surface area contributed by atoms with E-state index in [0.717, 1.165) is 29.2 Å². The predicted octanol–water partition coefficient (Wildman–Crippen LogP) is 7.87. The molecule has 0 radical (unpaired) electrons. The molecule has 1 aliphatic heterocycles. The maximum atomic E-state index is 14.2. The minimum atomic E-state index is -5.72. The van der Waals surface area contributed by atoms with Crippen molar-refractivity contribution in [3.05, 3.63) is 83.9 Å². The van der Waals surface area contributed by atoms with E-state index in [1.54, 1.807) is 36.4 Å². The van der Waals surface area contributed by atoms with E-state index in [0.29, 0.717) is 10.5 Å². The molecule has 4 unspecified atom stereocenters. The standard InChI is InChI=1S/C31H33F5O6S2/c1-20(30(32,33)44(37,38)39)41-23-8-7-9-26(18-23)43(24-14-10-21(11-15-24)27(2,3)4)25-16-12-22(13-17-25)29(6)40-19-28(5,42-29)31(34,35)36/h7-18,20H,19H2,1-6H3/p+1. The van der Waals surface area contributed by atoms with Gasteiger partial charge in [-0.2, -0.15) is 30.4 Å². The van der Waals surface area contributed by atoms with Gasteiger partial charge in [-0.15, -0.1) is 0 Å². The highest BCUT2D eigenvalue weighted by Crippen LogP contribution is 2.47. The monoisotopic (exact) mass is 661 g/mol. The molecule has 3 aromatic carbocycles. The van der Waals surface area contributed by atoms with Crippen molar-refractivity contribution in [3.8, 4) is 5.75 Å². The van der Waals surface area contributed by atoms with Crippen LogP contribution in [0.3, 0.4) is 0 Å². The number of ether oxygens (including phenoxy) is 3. The largest absolute Gasteiger partial charge is 0.483 e. The van der Waals surface area contributed by atoms with Crippen LogP contribution in [0, 0.1) is 0 Å². The predicted molar refractivity (Wildman–Crippen MR) is 156 cm³/mol. The van der Waals surface area contributed by atoms with E-state index in [-0.39, 0.29) is 11.2 Å². The molecule has 1 fully saturated rings. The minimum Gasteiger partial charge on any atom is -0.483 e. The molecule has 0 aromatic heterocycles. The molecule has 44 heavy (non-hydrogen) atoms. The third kappa shape index (κ3) is 6.76. The molecular weight excluding hydrogens is 627 g/mol. The van der Waals surface area contributed by atoms with Crippen LogP contribution in [0.15, 0.2) is 87.5 Å². The normalized spacial score (nSPS) is 22.9. The fraction of sp³-hybridized carbons (Fsp3) is 0.419. The summed E-state index contributed by atoms with van der Waals surface area (Å²) in [5.41, 5.74) is -1.14. The van der Waals surface area contributed by atoms with Crippen LogP contribution in [0.25, 0.3) is 0 Å². The second-order valence-electron chi connectivity index (χ2n) is 11.9. The van der Waals surface area contributed by atoms with E-state index in [9.17, 15) is 30.4 Å². The third-order valence-corrected chi connectivity index (χ3v) is 10.6. The first-order chi connectivity index (χ1) is 20.1. The minimum absolute atomic E-state index is 0.0505. The summed E-state index contributed by atoms with van der Waals surface area (Å²) in [6, 6.07) is 20.8. The van der Waals surface area contributed by atoms with Gasteiger partial charge in [0.2, 0.25) is 0 Å². The summed E-state index contributed by atoms with van der Waals surface area (Å²) in [5, 5.41) is -4.55. The van der Waals surface area contributed by atoms with Crippen molar-refractivity contribution >= 4 is 21.0 Å². The second-order valence-corrected chi connectivity index (χ2v) is 15.5. The fourth-order valence-electron chi connectivity index (χ4n) is 4.60. The smallest absolute Gasteiger partial charge is 0.419 e. The Labute approximate surface area is 256 Å². The maximum absolute atomic E-state index is 14.2. The van der Waals surface area contributed by atoms with E-state index in [2.05, 4.69) is 20.8 Å². The molecule has 240 valence electrons. The van der Waals surface area contributed by atoms with Crippen molar-refractivity contribution < 1.29 is 49.1 Å². The van der Waals surface area contributed by atoms with Crippen molar-refractivity contribution in [1.29, 1.82) is 0 Å². The highest BCUT2D eigenvalue weighted by molar-refractivity contribution is 7.97. The van der Waals surface area contributed by atoms with Crippen LogP contribution >= 0.6 is 0 Å². The summed E-state index contributed by atoms with van der Waals surface area (Å²) < 4.78 is 117. The van der Waals surface area contributed by atoms with Crippen LogP contribution in [0.1, 0.15) is 52.7 Å². The van der Waals surface area contributed by atoms with Crippen LogP contribution in [-0.4, -0.2) is 42.7 Å². The molecular formula is C31H34F5O6S2+. The van der Waals surface area contributed by atoms with Gasteiger partial charge in [0, 0.05) is 11.6 Å². The molecule has 0 aliphatic carbocycles. The lowest BCUT2D eigenvalue weighted by Crippen LogP contribution is -2.45. The van der Waals surface area contributed by atoms with Gasteiger partial charge in [0.15, 0.2) is 32.2 Å². The Balaban J connectivity index is 1.73. The van der Waals surface area contributed by atoms with Crippen LogP contribution in [0.4, 0.5) is 22.0 Å². The molecule has 0 bridgehead atoms. The van der Waals surface area contributed by atoms with Gasteiger partial charge in [-0.3, -0.25) is 4.55 Å². The molecule has 1 heterocycles. The highest BCUT2D eigenvalue weighted by Gasteiger charge is 2.61. The number of halogens is 5. The summed E-state index contributed by atoms with van der Waals surface area (Å²) in [6.07, 6.45) is -6.83. The molecule has 4 rings (SSSR count). The first-order valence-electron chi connectivity index (χ1n) is 13.6. The van der Waals surface area contributed by atoms with Crippen LogP contribution in [0.2, 0.25) is 0 Å². The molecule has 1 N–H and O–H groups in total. The van der Waals surface area contributed by atoms with E-state index in [4.69, 9.17) is 18.8 Å². The average Bonchev–Trinajstić information content (AvgIpc) is 3.25. The van der Waals surface area contributed by atoms with Gasteiger partial charge in [0.05, 0.1) is 17.5 Å². The van der Waals surface area contributed by atoms with Gasteiger partial charge in [-0.25, -0.2) is 0 Å². The fourth-order valence-corrected chi connectivity index (χ4v) is 7.15. The van der Waals surface area contributed by atoms with Gasteiger partial charge in [0.1, 0.15) is 5.75 Å². The Morgan fingerprint density at radius 2 is 1.43 bits per heavy atom. The van der Waals surface area contributed by atoms with Crippen molar-refractivity contribution in [2.24, 2.45) is 0 Å². The van der Waals surface area contributed by atoms with Crippen LogP contribution in [0.5, 0.6) is 5.75 Å². The lowest BCUT2D eigenvalue weighted by atomic mass is 9.87. The molecule has 4 atom stereocenters. The van der Waals surface area contributed by atoms with Crippen LogP contribution < -0.4 is 4.74 Å². The summed E-state index contributed by atoms with van der Waals surface area (Å²) in [5.74, 6) is -1.69. The van der Waals surface area contributed by atoms with E-state index in [1.807, 2.05) is 24.3 Å². The molecule has 1 aliphatic rings. The van der Waals surface area contributed by atoms with Crippen LogP contribution in [-0.2, 0) is 41.7 Å². The van der Waals surface area contributed by atoms with Gasteiger partial charge in [-0.05, 0) is 80.3 Å². The first kappa shape index (κ1) is 34.2. The molecule has 0 spiro atoms. The summed E-state index contributed by atoms with van der Waals surface area (Å²) in [4.78, 5) is 2.22. The SMILES string of the molecule is CC(Oc1cccc([S+](c2ccc(C(C)(C)C)cc2)c2ccc(C3(C)OCC(C)(C(F)(F)F)O3)cc2)c1)C(F)(F)S(=O)(=O)O. The van der Waals surface area contributed by atoms with E-state index < -0.39 is 56.5 Å². The van der Waals surface area contributed by atoms with E-state index >= 15 is 0 Å². The van der Waals surface area contributed by atoms with E-state index in [1.165, 1.54) is 19.1 Å². The van der Waals surface area contributed by atoms with Crippen molar-refractivity contribution in [3.63, 3.8) is 0 Å². The average molecular weight is 662 g/mol. The lowest BCUT2D eigenvalue weighted by molar-refractivity contribution is -0.283. The molecule has 6 nitrogen and oxygen atoms in total. The molecule has 13 heteroatoms. The molecule has 1 saturated heterocycles. The highest BCUT2D eigenvalue weighted by atomic mass is 32.2. The van der Waals surface area contributed by atoms with Gasteiger partial charge in [-0.1, -0.05) is 39.0 Å². The third-order valence-electron chi connectivity index (χ3n) is 7.38. The Hall–Kier alpha value is -2.71. The van der Waals surface area contributed by atoms with Crippen molar-refractivity contribution in [2.45, 2.75) is 90.6 Å². The van der Waals surface area contributed by atoms with Crippen molar-refractivity contribution in [1.82, 2.24) is 0 Å². The summed E-state index contributed by atoms with van der Waals surface area (Å²) >= 11 is 0. The Morgan fingerprint density at radius 3 is 1.91 bits per heavy atom. The quantitative estimate of drug-likeness (QED) is 0.150. The number of benzene rings is 3. The number of alkyl halides is 5. The number of rotatable bonds is 8. The first-order valence-corrected chi connectivity index (χ1v) is 16.2. The van der Waals surface area contributed by atoms with Gasteiger partial charge in [0.25, 0.3) is 0 Å². The van der Waals surface area contributed by atoms with Gasteiger partial charge < -0.3 is 14.2 Å². The Morgan fingerprint density at radius 1 is 0.886 bits per heavy atom. The topological polar surface area (TPSA) is 82.1 Å². The maximum Gasteiger partial charge on any atom is 0.419 e. The number of hydrogen-bond donors (Lipinski definition) is 1. The lowest BCUT2D eigenvalue weighted by Gasteiger charge is -2.29.